The van der Waals surface area contributed by atoms with Gasteiger partial charge in [0.25, 0.3) is 0 Å². The normalized spacial score (nSPS) is 11.7. The minimum atomic E-state index is 0.740. The highest BCUT2D eigenvalue weighted by Gasteiger charge is 1.91. The van der Waals surface area contributed by atoms with Crippen molar-refractivity contribution < 1.29 is 4.79 Å². The molecule has 0 unspecified atom stereocenters. The van der Waals surface area contributed by atoms with Gasteiger partial charge in [-0.2, -0.15) is 0 Å². The van der Waals surface area contributed by atoms with Crippen molar-refractivity contribution in [2.45, 2.75) is 116 Å². The number of hydrogen-bond donors (Lipinski definition) is 0. The molecule has 0 aliphatic heterocycles. The van der Waals surface area contributed by atoms with Crippen LogP contribution >= 0.6 is 0 Å². The molecule has 0 aromatic carbocycles. The van der Waals surface area contributed by atoms with Gasteiger partial charge in [0.15, 0.2) is 0 Å². The van der Waals surface area contributed by atoms with Crippen LogP contribution < -0.4 is 0 Å². The molecule has 0 radical (unpaired) electrons. The van der Waals surface area contributed by atoms with Gasteiger partial charge in [0.2, 0.25) is 0 Å². The van der Waals surface area contributed by atoms with E-state index in [4.69, 9.17) is 0 Å². The maximum Gasteiger partial charge on any atom is 0.119 e. The summed E-state index contributed by atoms with van der Waals surface area (Å²) >= 11 is 0. The zero-order valence-corrected chi connectivity index (χ0v) is 16.3. The summed E-state index contributed by atoms with van der Waals surface area (Å²) in [5.74, 6) is 0. The molecular formula is C23H42O. The van der Waals surface area contributed by atoms with Crippen molar-refractivity contribution in [1.29, 1.82) is 0 Å². The highest BCUT2D eigenvalue weighted by molar-refractivity contribution is 5.48. The van der Waals surface area contributed by atoms with E-state index in [1.54, 1.807) is 0 Å². The Bertz CT molecular complexity index is 290. The third-order valence-electron chi connectivity index (χ3n) is 4.55. The first-order chi connectivity index (χ1) is 11.9. The number of unbranched alkanes of at least 4 members (excludes halogenated alkanes) is 15. The number of carbonyl (C=O) groups excluding carboxylic acids is 1. The predicted octanol–water partition coefficient (Wildman–Crippen LogP) is 7.95. The summed E-state index contributed by atoms with van der Waals surface area (Å²) in [5, 5.41) is 0. The Morgan fingerprint density at radius 2 is 0.875 bits per heavy atom. The smallest absolute Gasteiger partial charge is 0.119 e. The number of allylic oxidation sites excluding steroid dienone is 4. The third-order valence-corrected chi connectivity index (χ3v) is 4.55. The maximum atomic E-state index is 10.2. The lowest BCUT2D eigenvalue weighted by molar-refractivity contribution is -0.107. The van der Waals surface area contributed by atoms with Crippen LogP contribution in [0, 0.1) is 0 Å². The van der Waals surface area contributed by atoms with Gasteiger partial charge in [-0.3, -0.25) is 0 Å². The molecule has 0 rings (SSSR count). The van der Waals surface area contributed by atoms with Gasteiger partial charge < -0.3 is 4.79 Å². The van der Waals surface area contributed by atoms with Crippen molar-refractivity contribution in [1.82, 2.24) is 0 Å². The second kappa shape index (κ2) is 22.1. The third kappa shape index (κ3) is 21.1. The predicted molar refractivity (Wildman–Crippen MR) is 109 cm³/mol. The molecule has 0 fully saturated rings. The van der Waals surface area contributed by atoms with Crippen molar-refractivity contribution in [2.24, 2.45) is 0 Å². The summed E-state index contributed by atoms with van der Waals surface area (Å²) in [6.45, 7) is 2.28. The van der Waals surface area contributed by atoms with Crippen LogP contribution in [0.25, 0.3) is 0 Å². The fourth-order valence-electron chi connectivity index (χ4n) is 2.94. The van der Waals surface area contributed by atoms with Gasteiger partial charge in [-0.1, -0.05) is 102 Å². The van der Waals surface area contributed by atoms with Crippen molar-refractivity contribution in [3.05, 3.63) is 24.3 Å². The molecule has 0 aliphatic rings. The number of carbonyl (C=O) groups is 1. The zero-order valence-electron chi connectivity index (χ0n) is 16.3. The van der Waals surface area contributed by atoms with E-state index in [2.05, 4.69) is 31.2 Å². The lowest BCUT2D eigenvalue weighted by Gasteiger charge is -2.00. The number of hydrogen-bond acceptors (Lipinski definition) is 1. The highest BCUT2D eigenvalue weighted by Crippen LogP contribution is 2.11. The van der Waals surface area contributed by atoms with Gasteiger partial charge in [-0.15, -0.1) is 0 Å². The van der Waals surface area contributed by atoms with Crippen LogP contribution in [-0.4, -0.2) is 6.29 Å². The van der Waals surface area contributed by atoms with Gasteiger partial charge in [0.05, 0.1) is 0 Å². The second-order valence-electron chi connectivity index (χ2n) is 6.99. The van der Waals surface area contributed by atoms with Crippen molar-refractivity contribution in [3.63, 3.8) is 0 Å². The quantitative estimate of drug-likeness (QED) is 0.133. The average molecular weight is 335 g/mol. The highest BCUT2D eigenvalue weighted by atomic mass is 16.1. The van der Waals surface area contributed by atoms with E-state index in [-0.39, 0.29) is 0 Å². The van der Waals surface area contributed by atoms with Crippen LogP contribution in [0.3, 0.4) is 0 Å². The molecule has 0 aliphatic carbocycles. The Morgan fingerprint density at radius 1 is 0.500 bits per heavy atom. The van der Waals surface area contributed by atoms with E-state index >= 15 is 0 Å². The molecule has 0 spiro atoms. The van der Waals surface area contributed by atoms with E-state index < -0.39 is 0 Å². The monoisotopic (exact) mass is 334 g/mol. The van der Waals surface area contributed by atoms with Gasteiger partial charge in [0.1, 0.15) is 6.29 Å². The van der Waals surface area contributed by atoms with Gasteiger partial charge in [0, 0.05) is 6.42 Å². The molecule has 1 nitrogen and oxygen atoms in total. The van der Waals surface area contributed by atoms with E-state index in [1.165, 1.54) is 96.3 Å². The van der Waals surface area contributed by atoms with E-state index in [1.807, 2.05) is 0 Å². The summed E-state index contributed by atoms with van der Waals surface area (Å²) in [4.78, 5) is 10.2. The summed E-state index contributed by atoms with van der Waals surface area (Å²) in [6.07, 6.45) is 32.0. The minimum absolute atomic E-state index is 0.740. The molecule has 0 heterocycles. The summed E-state index contributed by atoms with van der Waals surface area (Å²) < 4.78 is 0. The van der Waals surface area contributed by atoms with Crippen molar-refractivity contribution in [3.8, 4) is 0 Å². The van der Waals surface area contributed by atoms with Crippen LogP contribution in [0.1, 0.15) is 116 Å². The van der Waals surface area contributed by atoms with Crippen molar-refractivity contribution >= 4 is 6.29 Å². The van der Waals surface area contributed by atoms with E-state index in [0.29, 0.717) is 0 Å². The Kier molecular flexibility index (Phi) is 21.4. The minimum Gasteiger partial charge on any atom is -0.303 e. The average Bonchev–Trinajstić information content (AvgIpc) is 2.60. The molecule has 0 saturated carbocycles. The summed E-state index contributed by atoms with van der Waals surface area (Å²) in [5.41, 5.74) is 0. The SMILES string of the molecule is CCCCCCCCCCC/C=C\C=C/CCCCCCCC=O. The van der Waals surface area contributed by atoms with Crippen LogP contribution in [0.2, 0.25) is 0 Å². The summed E-state index contributed by atoms with van der Waals surface area (Å²) in [7, 11) is 0. The van der Waals surface area contributed by atoms with Crippen LogP contribution in [0.15, 0.2) is 24.3 Å². The van der Waals surface area contributed by atoms with Crippen molar-refractivity contribution in [2.75, 3.05) is 0 Å². The Hall–Kier alpha value is -0.850. The first-order valence-electron chi connectivity index (χ1n) is 10.7. The fourth-order valence-corrected chi connectivity index (χ4v) is 2.94. The molecule has 0 aromatic rings. The topological polar surface area (TPSA) is 17.1 Å². The first kappa shape index (κ1) is 23.1. The van der Waals surface area contributed by atoms with Gasteiger partial charge >= 0.3 is 0 Å². The molecule has 1 heteroatoms. The summed E-state index contributed by atoms with van der Waals surface area (Å²) in [6, 6.07) is 0. The molecule has 0 N–H and O–H groups in total. The Morgan fingerprint density at radius 3 is 1.29 bits per heavy atom. The fraction of sp³-hybridized carbons (Fsp3) is 0.783. The molecule has 0 atom stereocenters. The molecule has 0 bridgehead atoms. The molecular weight excluding hydrogens is 292 g/mol. The van der Waals surface area contributed by atoms with Gasteiger partial charge in [-0.05, 0) is 32.1 Å². The van der Waals surface area contributed by atoms with E-state index in [9.17, 15) is 4.79 Å². The first-order valence-corrected chi connectivity index (χ1v) is 10.7. The molecule has 0 amide bonds. The van der Waals surface area contributed by atoms with Crippen LogP contribution in [-0.2, 0) is 4.79 Å². The second-order valence-corrected chi connectivity index (χ2v) is 6.99. The lowest BCUT2D eigenvalue weighted by Crippen LogP contribution is -1.80. The van der Waals surface area contributed by atoms with Gasteiger partial charge in [-0.25, -0.2) is 0 Å². The zero-order chi connectivity index (χ0) is 17.6. The Balaban J connectivity index is 3.16. The molecule has 140 valence electrons. The number of aldehydes is 1. The standard InChI is InChI=1S/C23H42O/c1-2-3-4-5-6-7-8-9-10-11-12-13-14-15-16-17-18-19-20-21-22-23-24/h12-15,23H,2-11,16-22H2,1H3/b13-12-,15-14-. The Labute approximate surface area is 152 Å². The maximum absolute atomic E-state index is 10.2. The molecule has 24 heavy (non-hydrogen) atoms. The van der Waals surface area contributed by atoms with Crippen LogP contribution in [0.4, 0.5) is 0 Å². The van der Waals surface area contributed by atoms with E-state index in [0.717, 1.165) is 19.1 Å². The van der Waals surface area contributed by atoms with Crippen LogP contribution in [0.5, 0.6) is 0 Å². The molecule has 0 saturated heterocycles. The largest absolute Gasteiger partial charge is 0.303 e. The number of rotatable bonds is 19. The lowest BCUT2D eigenvalue weighted by atomic mass is 10.1. The molecule has 0 aromatic heterocycles.